The molecule has 0 aliphatic rings. The maximum absolute atomic E-state index is 11.9. The van der Waals surface area contributed by atoms with E-state index in [1.54, 1.807) is 0 Å². The Morgan fingerprint density at radius 1 is 1.18 bits per heavy atom. The molecule has 17 heavy (non-hydrogen) atoms. The van der Waals surface area contributed by atoms with E-state index in [9.17, 15) is 4.79 Å². The number of aryl methyl sites for hydroxylation is 1. The van der Waals surface area contributed by atoms with Crippen LogP contribution in [-0.2, 0) is 0 Å². The number of nitrogens with two attached hydrogens (primary N) is 1. The quantitative estimate of drug-likeness (QED) is 0.437. The summed E-state index contributed by atoms with van der Waals surface area (Å²) in [6.45, 7) is 4.13. The fourth-order valence-electron chi connectivity index (χ4n) is 1.88. The van der Waals surface area contributed by atoms with Gasteiger partial charge in [-0.25, -0.2) is 0 Å². The molecule has 94 valence electrons. The van der Waals surface area contributed by atoms with E-state index < -0.39 is 0 Å². The van der Waals surface area contributed by atoms with E-state index >= 15 is 0 Å². The summed E-state index contributed by atoms with van der Waals surface area (Å²) in [6.07, 6.45) is 6.58. The van der Waals surface area contributed by atoms with Crippen molar-refractivity contribution in [2.24, 2.45) is 0 Å². The highest BCUT2D eigenvalue weighted by atomic mass is 16.1. The smallest absolute Gasteiger partial charge is 0.162 e. The van der Waals surface area contributed by atoms with Gasteiger partial charge >= 0.3 is 0 Å². The highest BCUT2D eigenvalue weighted by Crippen LogP contribution is 2.15. The lowest BCUT2D eigenvalue weighted by Crippen LogP contribution is -2.00. The number of unbranched alkanes of at least 4 members (excludes halogenated alkanes) is 4. The molecule has 2 N–H and O–H groups in total. The number of anilines is 1. The van der Waals surface area contributed by atoms with Crippen LogP contribution in [0.5, 0.6) is 0 Å². The highest BCUT2D eigenvalue weighted by molar-refractivity contribution is 5.96. The summed E-state index contributed by atoms with van der Waals surface area (Å²) < 4.78 is 0. The molecule has 0 unspecified atom stereocenters. The van der Waals surface area contributed by atoms with Gasteiger partial charge in [0.1, 0.15) is 0 Å². The maximum atomic E-state index is 11.9. The second kappa shape index (κ2) is 7.10. The van der Waals surface area contributed by atoms with Crippen molar-refractivity contribution in [3.8, 4) is 0 Å². The third-order valence-corrected chi connectivity index (χ3v) is 3.10. The molecule has 0 heterocycles. The zero-order valence-corrected chi connectivity index (χ0v) is 11.0. The first kappa shape index (κ1) is 13.8. The summed E-state index contributed by atoms with van der Waals surface area (Å²) in [7, 11) is 0. The molecular weight excluding hydrogens is 210 g/mol. The molecule has 0 bridgehead atoms. The number of Topliss-reactive ketones (excluding diaryl/α,β-unsaturated/α-hetero) is 1. The van der Waals surface area contributed by atoms with E-state index in [0.717, 1.165) is 29.7 Å². The second-order valence-corrected chi connectivity index (χ2v) is 4.66. The number of rotatable bonds is 7. The fraction of sp³-hybridized carbons (Fsp3) is 0.533. The Balaban J connectivity index is 2.39. The van der Waals surface area contributed by atoms with Gasteiger partial charge < -0.3 is 5.73 Å². The number of ketones is 1. The number of carbonyl (C=O) groups excluding carboxylic acids is 1. The van der Waals surface area contributed by atoms with Crippen LogP contribution in [0.3, 0.4) is 0 Å². The number of hydrogen-bond acceptors (Lipinski definition) is 2. The average Bonchev–Trinajstić information content (AvgIpc) is 2.32. The molecule has 0 aliphatic carbocycles. The van der Waals surface area contributed by atoms with Crippen molar-refractivity contribution in [3.05, 3.63) is 29.3 Å². The molecule has 1 aromatic rings. The van der Waals surface area contributed by atoms with Crippen molar-refractivity contribution in [1.29, 1.82) is 0 Å². The van der Waals surface area contributed by atoms with E-state index in [4.69, 9.17) is 5.73 Å². The Labute approximate surface area is 104 Å². The average molecular weight is 233 g/mol. The minimum absolute atomic E-state index is 0.240. The van der Waals surface area contributed by atoms with Crippen LogP contribution in [-0.4, -0.2) is 5.78 Å². The van der Waals surface area contributed by atoms with Gasteiger partial charge in [0.25, 0.3) is 0 Å². The third kappa shape index (κ3) is 4.59. The zero-order chi connectivity index (χ0) is 12.7. The molecule has 0 amide bonds. The molecular formula is C15H23NO. The molecule has 0 aromatic heterocycles. The van der Waals surface area contributed by atoms with Crippen LogP contribution in [0, 0.1) is 6.92 Å². The van der Waals surface area contributed by atoms with E-state index in [-0.39, 0.29) is 5.78 Å². The molecule has 0 spiro atoms. The Morgan fingerprint density at radius 3 is 2.53 bits per heavy atom. The van der Waals surface area contributed by atoms with Crippen LogP contribution in [0.4, 0.5) is 5.69 Å². The van der Waals surface area contributed by atoms with Crippen molar-refractivity contribution in [2.45, 2.75) is 52.4 Å². The highest BCUT2D eigenvalue weighted by Gasteiger charge is 2.06. The number of nitrogen functional groups attached to an aromatic ring is 1. The Bertz CT molecular complexity index is 371. The SMILES string of the molecule is CCCCCCCC(=O)c1ccc(N)c(C)c1. The monoisotopic (exact) mass is 233 g/mol. The minimum atomic E-state index is 0.240. The van der Waals surface area contributed by atoms with Gasteiger partial charge in [-0.3, -0.25) is 4.79 Å². The van der Waals surface area contributed by atoms with Gasteiger partial charge in [0.2, 0.25) is 0 Å². The molecule has 0 saturated carbocycles. The standard InChI is InChI=1S/C15H23NO/c1-3-4-5-6-7-8-15(17)13-9-10-14(16)12(2)11-13/h9-11H,3-8,16H2,1-2H3. The topological polar surface area (TPSA) is 43.1 Å². The lowest BCUT2D eigenvalue weighted by atomic mass is 10.0. The third-order valence-electron chi connectivity index (χ3n) is 3.10. The molecule has 1 aromatic carbocycles. The van der Waals surface area contributed by atoms with Crippen molar-refractivity contribution < 1.29 is 4.79 Å². The predicted molar refractivity (Wildman–Crippen MR) is 73.3 cm³/mol. The minimum Gasteiger partial charge on any atom is -0.399 e. The lowest BCUT2D eigenvalue weighted by molar-refractivity contribution is 0.0979. The van der Waals surface area contributed by atoms with Crippen LogP contribution in [0.1, 0.15) is 61.4 Å². The van der Waals surface area contributed by atoms with Gasteiger partial charge in [-0.05, 0) is 37.1 Å². The molecule has 1 rings (SSSR count). The van der Waals surface area contributed by atoms with Crippen LogP contribution in [0.2, 0.25) is 0 Å². The summed E-state index contributed by atoms with van der Waals surface area (Å²) in [5.74, 6) is 0.240. The molecule has 0 radical (unpaired) electrons. The van der Waals surface area contributed by atoms with E-state index in [1.165, 1.54) is 19.3 Å². The number of hydrogen-bond donors (Lipinski definition) is 1. The molecule has 2 nitrogen and oxygen atoms in total. The Hall–Kier alpha value is -1.31. The Morgan fingerprint density at radius 2 is 1.88 bits per heavy atom. The van der Waals surface area contributed by atoms with Gasteiger partial charge in [0.15, 0.2) is 5.78 Å². The van der Waals surface area contributed by atoms with Gasteiger partial charge in [-0.2, -0.15) is 0 Å². The first-order valence-electron chi connectivity index (χ1n) is 6.54. The first-order valence-corrected chi connectivity index (χ1v) is 6.54. The number of carbonyl (C=O) groups is 1. The van der Waals surface area contributed by atoms with Gasteiger partial charge in [0.05, 0.1) is 0 Å². The zero-order valence-electron chi connectivity index (χ0n) is 11.0. The van der Waals surface area contributed by atoms with E-state index in [0.29, 0.717) is 6.42 Å². The van der Waals surface area contributed by atoms with Gasteiger partial charge in [0, 0.05) is 17.7 Å². The summed E-state index contributed by atoms with van der Waals surface area (Å²) in [4.78, 5) is 11.9. The van der Waals surface area contributed by atoms with Crippen molar-refractivity contribution in [2.75, 3.05) is 5.73 Å². The lowest BCUT2D eigenvalue weighted by Gasteiger charge is -2.04. The van der Waals surface area contributed by atoms with Crippen molar-refractivity contribution in [1.82, 2.24) is 0 Å². The molecule has 0 aliphatic heterocycles. The summed E-state index contributed by atoms with van der Waals surface area (Å²) in [5, 5.41) is 0. The van der Waals surface area contributed by atoms with Crippen molar-refractivity contribution in [3.63, 3.8) is 0 Å². The first-order chi connectivity index (χ1) is 8.15. The normalized spacial score (nSPS) is 10.5. The van der Waals surface area contributed by atoms with Crippen LogP contribution in [0.15, 0.2) is 18.2 Å². The molecule has 0 atom stereocenters. The molecule has 0 saturated heterocycles. The van der Waals surface area contributed by atoms with E-state index in [1.807, 2.05) is 25.1 Å². The summed E-state index contributed by atoms with van der Waals surface area (Å²) in [6, 6.07) is 5.54. The van der Waals surface area contributed by atoms with Crippen molar-refractivity contribution >= 4 is 11.5 Å². The van der Waals surface area contributed by atoms with Gasteiger partial charge in [-0.15, -0.1) is 0 Å². The maximum Gasteiger partial charge on any atom is 0.162 e. The van der Waals surface area contributed by atoms with Gasteiger partial charge in [-0.1, -0.05) is 32.6 Å². The largest absolute Gasteiger partial charge is 0.399 e. The fourth-order valence-corrected chi connectivity index (χ4v) is 1.88. The van der Waals surface area contributed by atoms with Crippen LogP contribution < -0.4 is 5.73 Å². The predicted octanol–water partition coefficient (Wildman–Crippen LogP) is 4.12. The molecule has 0 fully saturated rings. The van der Waals surface area contributed by atoms with Crippen LogP contribution in [0.25, 0.3) is 0 Å². The van der Waals surface area contributed by atoms with Crippen LogP contribution >= 0.6 is 0 Å². The number of benzene rings is 1. The second-order valence-electron chi connectivity index (χ2n) is 4.66. The van der Waals surface area contributed by atoms with E-state index in [2.05, 4.69) is 6.92 Å². The summed E-state index contributed by atoms with van der Waals surface area (Å²) >= 11 is 0. The molecule has 2 heteroatoms. The Kier molecular flexibility index (Phi) is 5.75. The summed E-state index contributed by atoms with van der Waals surface area (Å²) in [5.41, 5.74) is 8.27.